The summed E-state index contributed by atoms with van der Waals surface area (Å²) in [5.41, 5.74) is 5.48. The van der Waals surface area contributed by atoms with E-state index < -0.39 is 0 Å². The molecule has 0 saturated carbocycles. The van der Waals surface area contributed by atoms with Crippen LogP contribution in [0.5, 0.6) is 0 Å². The van der Waals surface area contributed by atoms with E-state index in [9.17, 15) is 4.79 Å². The summed E-state index contributed by atoms with van der Waals surface area (Å²) in [7, 11) is 0. The zero-order valence-electron chi connectivity index (χ0n) is 10.3. The number of hydrogen-bond acceptors (Lipinski definition) is 7. The van der Waals surface area contributed by atoms with Crippen molar-refractivity contribution in [3.05, 3.63) is 0 Å². The van der Waals surface area contributed by atoms with Gasteiger partial charge in [0.25, 0.3) is 0 Å². The highest BCUT2D eigenvalue weighted by Crippen LogP contribution is 2.24. The predicted octanol–water partition coefficient (Wildman–Crippen LogP) is 0.848. The minimum absolute atomic E-state index is 0.0971. The summed E-state index contributed by atoms with van der Waals surface area (Å²) in [4.78, 5) is 13.9. The van der Waals surface area contributed by atoms with Gasteiger partial charge in [0.15, 0.2) is 4.34 Å². The van der Waals surface area contributed by atoms with E-state index in [1.165, 1.54) is 23.1 Å². The largest absolute Gasteiger partial charge is 0.374 e. The Kier molecular flexibility index (Phi) is 4.41. The monoisotopic (exact) mass is 288 g/mol. The first-order valence-electron chi connectivity index (χ1n) is 5.69. The lowest BCUT2D eigenvalue weighted by Crippen LogP contribution is -2.48. The second-order valence-electron chi connectivity index (χ2n) is 4.25. The number of amides is 1. The lowest BCUT2D eigenvalue weighted by molar-refractivity contribution is -0.140. The molecule has 0 unspecified atom stereocenters. The van der Waals surface area contributed by atoms with Crippen LogP contribution in [0.4, 0.5) is 5.13 Å². The molecule has 2 N–H and O–H groups in total. The molecule has 2 heterocycles. The molecule has 1 aromatic rings. The van der Waals surface area contributed by atoms with Crippen molar-refractivity contribution in [2.75, 3.05) is 24.6 Å². The predicted molar refractivity (Wildman–Crippen MR) is 71.6 cm³/mol. The van der Waals surface area contributed by atoms with Crippen LogP contribution in [0, 0.1) is 0 Å². The molecule has 1 fully saturated rings. The normalized spacial score (nSPS) is 24.2. The highest BCUT2D eigenvalue weighted by Gasteiger charge is 2.25. The summed E-state index contributed by atoms with van der Waals surface area (Å²) in [6.07, 6.45) is 0.194. The van der Waals surface area contributed by atoms with Crippen LogP contribution in [0.2, 0.25) is 0 Å². The highest BCUT2D eigenvalue weighted by atomic mass is 32.2. The fourth-order valence-electron chi connectivity index (χ4n) is 1.88. The van der Waals surface area contributed by atoms with Crippen LogP contribution < -0.4 is 5.73 Å². The third-order valence-corrected chi connectivity index (χ3v) is 4.38. The van der Waals surface area contributed by atoms with E-state index in [1.54, 1.807) is 0 Å². The number of hydrogen-bond donors (Lipinski definition) is 1. The summed E-state index contributed by atoms with van der Waals surface area (Å²) in [5.74, 6) is 0.476. The highest BCUT2D eigenvalue weighted by molar-refractivity contribution is 8.01. The van der Waals surface area contributed by atoms with E-state index in [0.29, 0.717) is 24.0 Å². The molecule has 0 spiro atoms. The van der Waals surface area contributed by atoms with E-state index in [1.807, 2.05) is 18.7 Å². The zero-order chi connectivity index (χ0) is 13.1. The number of nitrogens with zero attached hydrogens (tertiary/aromatic N) is 3. The van der Waals surface area contributed by atoms with Crippen molar-refractivity contribution in [2.45, 2.75) is 30.4 Å². The van der Waals surface area contributed by atoms with Crippen molar-refractivity contribution < 1.29 is 9.53 Å². The maximum absolute atomic E-state index is 12.0. The first-order chi connectivity index (χ1) is 8.54. The topological polar surface area (TPSA) is 81.3 Å². The fourth-order valence-corrected chi connectivity index (χ4v) is 3.41. The Labute approximate surface area is 114 Å². The molecule has 2 atom stereocenters. The van der Waals surface area contributed by atoms with Gasteiger partial charge in [-0.15, -0.1) is 10.2 Å². The van der Waals surface area contributed by atoms with Crippen LogP contribution in [-0.4, -0.2) is 52.1 Å². The molecular weight excluding hydrogens is 272 g/mol. The molecule has 18 heavy (non-hydrogen) atoms. The Balaban J connectivity index is 1.84. The third kappa shape index (κ3) is 3.56. The number of nitrogens with two attached hydrogens (primary N) is 1. The maximum Gasteiger partial charge on any atom is 0.233 e. The number of rotatable bonds is 3. The Morgan fingerprint density at radius 1 is 1.50 bits per heavy atom. The molecule has 100 valence electrons. The summed E-state index contributed by atoms with van der Waals surface area (Å²) in [5, 5.41) is 8.01. The average molecular weight is 288 g/mol. The standard InChI is InChI=1S/C10H16N4O2S2/c1-6-3-14(4-7(2)16-6)8(15)5-17-10-13-12-9(11)18-10/h6-7H,3-5H2,1-2H3,(H2,11,12)/t6-,7-/m0/s1. The van der Waals surface area contributed by atoms with Gasteiger partial charge in [0.2, 0.25) is 11.0 Å². The molecule has 1 saturated heterocycles. The number of thioether (sulfide) groups is 1. The molecule has 1 aliphatic heterocycles. The smallest absolute Gasteiger partial charge is 0.233 e. The van der Waals surface area contributed by atoms with Crippen LogP contribution >= 0.6 is 23.1 Å². The number of nitrogen functional groups attached to an aromatic ring is 1. The number of aromatic nitrogens is 2. The Morgan fingerprint density at radius 3 is 2.72 bits per heavy atom. The van der Waals surface area contributed by atoms with Gasteiger partial charge in [-0.3, -0.25) is 4.79 Å². The van der Waals surface area contributed by atoms with Crippen molar-refractivity contribution in [3.8, 4) is 0 Å². The summed E-state index contributed by atoms with van der Waals surface area (Å²) >= 11 is 2.68. The third-order valence-electron chi connectivity index (χ3n) is 2.51. The molecule has 1 aromatic heterocycles. The number of anilines is 1. The van der Waals surface area contributed by atoms with Crippen molar-refractivity contribution in [1.29, 1.82) is 0 Å². The van der Waals surface area contributed by atoms with Crippen LogP contribution in [0.15, 0.2) is 4.34 Å². The fraction of sp³-hybridized carbons (Fsp3) is 0.700. The molecule has 0 bridgehead atoms. The van der Waals surface area contributed by atoms with E-state index in [2.05, 4.69) is 10.2 Å². The van der Waals surface area contributed by atoms with E-state index in [0.717, 1.165) is 4.34 Å². The molecule has 6 nitrogen and oxygen atoms in total. The Hall–Kier alpha value is -0.860. The number of ether oxygens (including phenoxy) is 1. The summed E-state index contributed by atoms with van der Waals surface area (Å²) < 4.78 is 6.33. The first-order valence-corrected chi connectivity index (χ1v) is 7.50. The average Bonchev–Trinajstić information content (AvgIpc) is 2.70. The minimum atomic E-state index is 0.0971. The van der Waals surface area contributed by atoms with Crippen molar-refractivity contribution in [3.63, 3.8) is 0 Å². The lowest BCUT2D eigenvalue weighted by atomic mass is 10.2. The molecule has 1 aliphatic rings. The molecule has 0 aliphatic carbocycles. The molecule has 2 rings (SSSR count). The second-order valence-corrected chi connectivity index (χ2v) is 6.48. The summed E-state index contributed by atoms with van der Waals surface area (Å²) in [6, 6.07) is 0. The van der Waals surface area contributed by atoms with Crippen molar-refractivity contribution in [1.82, 2.24) is 15.1 Å². The van der Waals surface area contributed by atoms with Gasteiger partial charge < -0.3 is 15.4 Å². The van der Waals surface area contributed by atoms with Crippen LogP contribution in [0.1, 0.15) is 13.8 Å². The molecule has 8 heteroatoms. The van der Waals surface area contributed by atoms with Gasteiger partial charge in [0.1, 0.15) is 0 Å². The van der Waals surface area contributed by atoms with Crippen molar-refractivity contribution >= 4 is 34.1 Å². The van der Waals surface area contributed by atoms with Gasteiger partial charge in [-0.25, -0.2) is 0 Å². The van der Waals surface area contributed by atoms with Gasteiger partial charge in [-0.1, -0.05) is 23.1 Å². The number of morpholine rings is 1. The minimum Gasteiger partial charge on any atom is -0.374 e. The van der Waals surface area contributed by atoms with Gasteiger partial charge in [-0.05, 0) is 13.8 Å². The van der Waals surface area contributed by atoms with Crippen molar-refractivity contribution in [2.24, 2.45) is 0 Å². The van der Waals surface area contributed by atoms with E-state index in [-0.39, 0.29) is 18.1 Å². The lowest BCUT2D eigenvalue weighted by Gasteiger charge is -2.35. The van der Waals surface area contributed by atoms with Crippen LogP contribution in [0.3, 0.4) is 0 Å². The molecular formula is C10H16N4O2S2. The Bertz CT molecular complexity index is 416. The summed E-state index contributed by atoms with van der Waals surface area (Å²) in [6.45, 7) is 5.27. The van der Waals surface area contributed by atoms with Crippen LogP contribution in [-0.2, 0) is 9.53 Å². The van der Waals surface area contributed by atoms with E-state index in [4.69, 9.17) is 10.5 Å². The Morgan fingerprint density at radius 2 is 2.17 bits per heavy atom. The second kappa shape index (κ2) is 5.85. The number of carbonyl (C=O) groups excluding carboxylic acids is 1. The quantitative estimate of drug-likeness (QED) is 0.830. The van der Waals surface area contributed by atoms with Gasteiger partial charge in [0, 0.05) is 13.1 Å². The maximum atomic E-state index is 12.0. The molecule has 0 aromatic carbocycles. The number of carbonyl (C=O) groups is 1. The SMILES string of the molecule is C[C@H]1CN(C(=O)CSc2nnc(N)s2)C[C@H](C)O1. The zero-order valence-corrected chi connectivity index (χ0v) is 12.0. The van der Waals surface area contributed by atoms with Gasteiger partial charge in [0.05, 0.1) is 18.0 Å². The van der Waals surface area contributed by atoms with Gasteiger partial charge >= 0.3 is 0 Å². The first kappa shape index (κ1) is 13.6. The van der Waals surface area contributed by atoms with E-state index >= 15 is 0 Å². The molecule has 0 radical (unpaired) electrons. The van der Waals surface area contributed by atoms with Gasteiger partial charge in [-0.2, -0.15) is 0 Å². The van der Waals surface area contributed by atoms with Crippen LogP contribution in [0.25, 0.3) is 0 Å². The molecule has 1 amide bonds.